The molecule has 0 spiro atoms. The first-order valence-electron chi connectivity index (χ1n) is 7.36. The van der Waals surface area contributed by atoms with Gasteiger partial charge in [-0.05, 0) is 48.9 Å². The smallest absolute Gasteiger partial charge is 0.163 e. The van der Waals surface area contributed by atoms with Crippen LogP contribution in [0.2, 0.25) is 0 Å². The average molecular weight is 265 g/mol. The highest BCUT2D eigenvalue weighted by atomic mass is 16.1. The van der Waals surface area contributed by atoms with E-state index in [2.05, 4.69) is 17.1 Å². The Morgan fingerprint density at radius 1 is 1.15 bits per heavy atom. The van der Waals surface area contributed by atoms with E-state index in [-0.39, 0.29) is 5.78 Å². The maximum atomic E-state index is 12.3. The first-order chi connectivity index (χ1) is 9.83. The first-order valence-corrected chi connectivity index (χ1v) is 7.36. The number of nitrogens with zero attached hydrogens (tertiary/aromatic N) is 1. The molecule has 3 rings (SSSR count). The zero-order valence-corrected chi connectivity index (χ0v) is 11.6. The van der Waals surface area contributed by atoms with Crippen molar-refractivity contribution in [2.75, 3.05) is 0 Å². The molecule has 1 saturated carbocycles. The van der Waals surface area contributed by atoms with Crippen LogP contribution in [0.5, 0.6) is 0 Å². The van der Waals surface area contributed by atoms with Crippen molar-refractivity contribution >= 4 is 5.78 Å². The number of carbonyl (C=O) groups excluding carboxylic acids is 1. The summed E-state index contributed by atoms with van der Waals surface area (Å²) in [6.07, 6.45) is 6.88. The van der Waals surface area contributed by atoms with Gasteiger partial charge in [0.1, 0.15) is 0 Å². The summed E-state index contributed by atoms with van der Waals surface area (Å²) in [6, 6.07) is 14.0. The van der Waals surface area contributed by atoms with Gasteiger partial charge in [-0.25, -0.2) is 0 Å². The van der Waals surface area contributed by atoms with Gasteiger partial charge in [0.05, 0.1) is 0 Å². The summed E-state index contributed by atoms with van der Waals surface area (Å²) in [4.78, 5) is 16.5. The number of hydrogen-bond donors (Lipinski definition) is 0. The van der Waals surface area contributed by atoms with Crippen molar-refractivity contribution in [3.8, 4) is 0 Å². The van der Waals surface area contributed by atoms with Crippen molar-refractivity contribution in [3.05, 3.63) is 65.5 Å². The zero-order valence-electron chi connectivity index (χ0n) is 11.6. The van der Waals surface area contributed by atoms with Crippen molar-refractivity contribution in [2.24, 2.45) is 0 Å². The minimum atomic E-state index is 0.219. The van der Waals surface area contributed by atoms with Gasteiger partial charge >= 0.3 is 0 Å². The Hall–Kier alpha value is -1.96. The number of benzene rings is 1. The number of pyridine rings is 1. The molecule has 0 atom stereocenters. The Bertz CT molecular complexity index is 587. The highest BCUT2D eigenvalue weighted by Crippen LogP contribution is 2.36. The van der Waals surface area contributed by atoms with Crippen LogP contribution in [0.25, 0.3) is 0 Å². The number of aromatic nitrogens is 1. The van der Waals surface area contributed by atoms with E-state index in [0.717, 1.165) is 11.3 Å². The Labute approximate surface area is 119 Å². The van der Waals surface area contributed by atoms with Crippen LogP contribution in [0.15, 0.2) is 48.7 Å². The molecule has 102 valence electrons. The lowest BCUT2D eigenvalue weighted by molar-refractivity contribution is 0.0982. The van der Waals surface area contributed by atoms with Gasteiger partial charge in [0.25, 0.3) is 0 Å². The third-order valence-corrected chi connectivity index (χ3v) is 4.12. The van der Waals surface area contributed by atoms with E-state index in [1.165, 1.54) is 24.8 Å². The maximum absolute atomic E-state index is 12.3. The van der Waals surface area contributed by atoms with Crippen LogP contribution in [-0.2, 0) is 6.42 Å². The lowest BCUT2D eigenvalue weighted by atomic mass is 9.79. The third kappa shape index (κ3) is 2.96. The van der Waals surface area contributed by atoms with E-state index >= 15 is 0 Å². The lowest BCUT2D eigenvalue weighted by Crippen LogP contribution is -2.10. The predicted molar refractivity (Wildman–Crippen MR) is 79.9 cm³/mol. The van der Waals surface area contributed by atoms with E-state index in [4.69, 9.17) is 0 Å². The van der Waals surface area contributed by atoms with Gasteiger partial charge in [0.2, 0.25) is 0 Å². The van der Waals surface area contributed by atoms with Crippen molar-refractivity contribution in [1.29, 1.82) is 0 Å². The average Bonchev–Trinajstić information content (AvgIpc) is 2.44. The van der Waals surface area contributed by atoms with Gasteiger partial charge in [-0.15, -0.1) is 0 Å². The number of rotatable bonds is 5. The Morgan fingerprint density at radius 2 is 2.05 bits per heavy atom. The summed E-state index contributed by atoms with van der Waals surface area (Å²) in [5, 5.41) is 0. The number of ketones is 1. The summed E-state index contributed by atoms with van der Waals surface area (Å²) in [5.41, 5.74) is 3.17. The van der Waals surface area contributed by atoms with E-state index < -0.39 is 0 Å². The van der Waals surface area contributed by atoms with Crippen molar-refractivity contribution < 1.29 is 4.79 Å². The molecule has 2 nitrogen and oxygen atoms in total. The SMILES string of the molecule is O=C(CCc1ccccn1)c1cccc(C2CCC2)c1. The lowest BCUT2D eigenvalue weighted by Gasteiger charge is -2.26. The van der Waals surface area contributed by atoms with Crippen LogP contribution in [0.3, 0.4) is 0 Å². The van der Waals surface area contributed by atoms with E-state index in [0.29, 0.717) is 18.8 Å². The number of carbonyl (C=O) groups is 1. The fourth-order valence-corrected chi connectivity index (χ4v) is 2.64. The Morgan fingerprint density at radius 3 is 2.75 bits per heavy atom. The van der Waals surface area contributed by atoms with Gasteiger partial charge in [0.15, 0.2) is 5.78 Å². The van der Waals surface area contributed by atoms with Crippen LogP contribution in [0.1, 0.15) is 53.2 Å². The largest absolute Gasteiger partial charge is 0.294 e. The minimum absolute atomic E-state index is 0.219. The molecule has 0 bridgehead atoms. The van der Waals surface area contributed by atoms with Crippen LogP contribution in [0.4, 0.5) is 0 Å². The van der Waals surface area contributed by atoms with Gasteiger partial charge in [-0.1, -0.05) is 30.7 Å². The minimum Gasteiger partial charge on any atom is -0.294 e. The monoisotopic (exact) mass is 265 g/mol. The fourth-order valence-electron chi connectivity index (χ4n) is 2.64. The number of aryl methyl sites for hydroxylation is 1. The molecule has 2 heteroatoms. The molecule has 1 aromatic carbocycles. The normalized spacial score (nSPS) is 14.8. The van der Waals surface area contributed by atoms with Gasteiger partial charge in [-0.3, -0.25) is 9.78 Å². The topological polar surface area (TPSA) is 30.0 Å². The summed E-state index contributed by atoms with van der Waals surface area (Å²) in [7, 11) is 0. The van der Waals surface area contributed by atoms with Gasteiger partial charge < -0.3 is 0 Å². The van der Waals surface area contributed by atoms with E-state index in [1.54, 1.807) is 6.20 Å². The van der Waals surface area contributed by atoms with Gasteiger partial charge in [-0.2, -0.15) is 0 Å². The molecular formula is C18H19NO. The summed E-state index contributed by atoms with van der Waals surface area (Å²) in [5.74, 6) is 0.898. The molecule has 1 fully saturated rings. The van der Waals surface area contributed by atoms with E-state index in [1.807, 2.05) is 30.3 Å². The molecule has 0 amide bonds. The quantitative estimate of drug-likeness (QED) is 0.760. The maximum Gasteiger partial charge on any atom is 0.163 e. The zero-order chi connectivity index (χ0) is 13.8. The Kier molecular flexibility index (Phi) is 3.91. The summed E-state index contributed by atoms with van der Waals surface area (Å²) in [6.45, 7) is 0. The van der Waals surface area contributed by atoms with Crippen molar-refractivity contribution in [3.63, 3.8) is 0 Å². The fraction of sp³-hybridized carbons (Fsp3) is 0.333. The van der Waals surface area contributed by atoms with Crippen LogP contribution in [0, 0.1) is 0 Å². The predicted octanol–water partition coefficient (Wildman–Crippen LogP) is 4.16. The summed E-state index contributed by atoms with van der Waals surface area (Å²) < 4.78 is 0. The third-order valence-electron chi connectivity index (χ3n) is 4.12. The molecule has 0 N–H and O–H groups in total. The van der Waals surface area contributed by atoms with E-state index in [9.17, 15) is 4.79 Å². The van der Waals surface area contributed by atoms with Crippen molar-refractivity contribution in [2.45, 2.75) is 38.0 Å². The molecule has 0 unspecified atom stereocenters. The summed E-state index contributed by atoms with van der Waals surface area (Å²) >= 11 is 0. The molecule has 1 heterocycles. The molecule has 0 aliphatic heterocycles. The van der Waals surface area contributed by atoms with Crippen LogP contribution >= 0.6 is 0 Å². The molecule has 2 aromatic rings. The molecule has 0 radical (unpaired) electrons. The molecule has 20 heavy (non-hydrogen) atoms. The molecule has 0 saturated heterocycles. The molecule has 1 aliphatic rings. The molecular weight excluding hydrogens is 246 g/mol. The second kappa shape index (κ2) is 6.00. The van der Waals surface area contributed by atoms with Crippen molar-refractivity contribution in [1.82, 2.24) is 4.98 Å². The molecule has 1 aliphatic carbocycles. The van der Waals surface area contributed by atoms with Crippen LogP contribution < -0.4 is 0 Å². The van der Waals surface area contributed by atoms with Gasteiger partial charge in [0, 0.05) is 23.9 Å². The number of Topliss-reactive ketones (excluding diaryl/α,β-unsaturated/α-hetero) is 1. The Balaban J connectivity index is 1.64. The van der Waals surface area contributed by atoms with Crippen LogP contribution in [-0.4, -0.2) is 10.8 Å². The highest BCUT2D eigenvalue weighted by Gasteiger charge is 2.20. The highest BCUT2D eigenvalue weighted by molar-refractivity contribution is 5.96. The second-order valence-corrected chi connectivity index (χ2v) is 5.50. The first kappa shape index (κ1) is 13.0. The standard InChI is InChI=1S/C18H19NO/c20-18(11-10-17-9-1-2-12-19-17)16-8-4-7-15(13-16)14-5-3-6-14/h1-2,4,7-9,12-14H,3,5-6,10-11H2. The molecule has 1 aromatic heterocycles. The second-order valence-electron chi connectivity index (χ2n) is 5.50. The number of hydrogen-bond acceptors (Lipinski definition) is 2.